The van der Waals surface area contributed by atoms with Crippen LogP contribution in [0.3, 0.4) is 0 Å². The van der Waals surface area contributed by atoms with Crippen molar-refractivity contribution in [2.45, 2.75) is 32.6 Å². The van der Waals surface area contributed by atoms with Crippen LogP contribution >= 0.6 is 0 Å². The summed E-state index contributed by atoms with van der Waals surface area (Å²) in [5, 5.41) is 6.76. The maximum atomic E-state index is 13.8. The molecule has 1 spiro atoms. The van der Waals surface area contributed by atoms with Crippen LogP contribution in [-0.2, 0) is 4.74 Å². The zero-order valence-electron chi connectivity index (χ0n) is 15.5. The first-order valence-electron chi connectivity index (χ1n) is 9.17. The lowest BCUT2D eigenvalue weighted by molar-refractivity contribution is 0.00959. The first kappa shape index (κ1) is 17.9. The molecule has 27 heavy (non-hydrogen) atoms. The predicted molar refractivity (Wildman–Crippen MR) is 96.0 cm³/mol. The van der Waals surface area contributed by atoms with Crippen molar-refractivity contribution in [3.05, 3.63) is 41.3 Å². The van der Waals surface area contributed by atoms with E-state index < -0.39 is 0 Å². The molecule has 2 aromatic rings. The highest BCUT2D eigenvalue weighted by Gasteiger charge is 2.51. The summed E-state index contributed by atoms with van der Waals surface area (Å²) in [6.07, 6.45) is 1.67. The Morgan fingerprint density at radius 1 is 1.33 bits per heavy atom. The molecule has 4 rings (SSSR count). The van der Waals surface area contributed by atoms with Crippen molar-refractivity contribution in [1.29, 1.82) is 0 Å². The van der Waals surface area contributed by atoms with Gasteiger partial charge >= 0.3 is 6.03 Å². The quantitative estimate of drug-likeness (QED) is 0.873. The summed E-state index contributed by atoms with van der Waals surface area (Å²) in [7, 11) is 0. The van der Waals surface area contributed by atoms with Gasteiger partial charge in [-0.2, -0.15) is 4.98 Å². The molecule has 1 N–H and O–H groups in total. The lowest BCUT2D eigenvalue weighted by Gasteiger charge is -2.36. The van der Waals surface area contributed by atoms with E-state index >= 15 is 0 Å². The third-order valence-corrected chi connectivity index (χ3v) is 5.77. The zero-order valence-corrected chi connectivity index (χ0v) is 15.5. The van der Waals surface area contributed by atoms with Crippen LogP contribution in [-0.4, -0.2) is 47.4 Å². The highest BCUT2D eigenvalue weighted by molar-refractivity contribution is 5.90. The normalized spacial score (nSPS) is 21.6. The number of urea groups is 1. The van der Waals surface area contributed by atoms with Gasteiger partial charge in [-0.3, -0.25) is 0 Å². The molecule has 1 unspecified atom stereocenters. The number of carbonyl (C=O) groups is 1. The van der Waals surface area contributed by atoms with Crippen molar-refractivity contribution >= 4 is 11.7 Å². The third-order valence-electron chi connectivity index (χ3n) is 5.77. The topological polar surface area (TPSA) is 80.5 Å². The highest BCUT2D eigenvalue weighted by Crippen LogP contribution is 2.49. The van der Waals surface area contributed by atoms with E-state index in [4.69, 9.17) is 9.26 Å². The summed E-state index contributed by atoms with van der Waals surface area (Å²) < 4.78 is 24.8. The van der Waals surface area contributed by atoms with Gasteiger partial charge in [0.25, 0.3) is 0 Å². The van der Waals surface area contributed by atoms with E-state index in [0.717, 1.165) is 12.8 Å². The number of ether oxygens (including phenoxy) is 1. The van der Waals surface area contributed by atoms with Crippen molar-refractivity contribution in [2.75, 3.05) is 31.6 Å². The van der Waals surface area contributed by atoms with E-state index in [1.54, 1.807) is 30.9 Å². The predicted octanol–water partition coefficient (Wildman–Crippen LogP) is 3.25. The number of likely N-dealkylation sites (tertiary alicyclic amines) is 1. The number of aromatic nitrogens is 2. The molecule has 0 bridgehead atoms. The first-order valence-corrected chi connectivity index (χ1v) is 9.17. The van der Waals surface area contributed by atoms with Gasteiger partial charge in [0.05, 0.1) is 5.92 Å². The first-order chi connectivity index (χ1) is 13.0. The molecule has 0 radical (unpaired) electrons. The van der Waals surface area contributed by atoms with Gasteiger partial charge in [0.2, 0.25) is 5.89 Å². The minimum absolute atomic E-state index is 0.0260. The molecule has 2 fully saturated rings. The van der Waals surface area contributed by atoms with Crippen LogP contribution in [0.15, 0.2) is 22.7 Å². The summed E-state index contributed by atoms with van der Waals surface area (Å²) in [5.74, 6) is 0.799. The average molecular weight is 374 g/mol. The Labute approximate surface area is 156 Å². The van der Waals surface area contributed by atoms with Crippen LogP contribution in [0.2, 0.25) is 0 Å². The zero-order chi connectivity index (χ0) is 19.0. The number of nitrogens with zero attached hydrogens (tertiary/aromatic N) is 3. The molecule has 0 aliphatic carbocycles. The van der Waals surface area contributed by atoms with E-state index in [-0.39, 0.29) is 23.2 Å². The molecule has 7 nitrogen and oxygen atoms in total. The van der Waals surface area contributed by atoms with Gasteiger partial charge in [-0.25, -0.2) is 9.18 Å². The number of halogens is 1. The van der Waals surface area contributed by atoms with E-state index in [9.17, 15) is 9.18 Å². The fraction of sp³-hybridized carbons (Fsp3) is 0.526. The molecule has 3 heterocycles. The minimum Gasteiger partial charge on any atom is -0.381 e. The molecular weight excluding hydrogens is 351 g/mol. The van der Waals surface area contributed by atoms with Crippen LogP contribution < -0.4 is 5.32 Å². The Morgan fingerprint density at radius 2 is 2.11 bits per heavy atom. The fourth-order valence-corrected chi connectivity index (χ4v) is 4.14. The maximum Gasteiger partial charge on any atom is 0.321 e. The average Bonchev–Trinajstić information content (AvgIpc) is 3.23. The monoisotopic (exact) mass is 374 g/mol. The third kappa shape index (κ3) is 3.29. The molecule has 1 atom stereocenters. The van der Waals surface area contributed by atoms with Crippen LogP contribution in [0.5, 0.6) is 0 Å². The smallest absolute Gasteiger partial charge is 0.321 e. The fourth-order valence-electron chi connectivity index (χ4n) is 4.14. The van der Waals surface area contributed by atoms with Gasteiger partial charge < -0.3 is 19.5 Å². The van der Waals surface area contributed by atoms with Gasteiger partial charge in [0.1, 0.15) is 5.82 Å². The number of aryl methyl sites for hydroxylation is 1. The van der Waals surface area contributed by atoms with Crippen LogP contribution in [0.1, 0.15) is 36.0 Å². The van der Waals surface area contributed by atoms with Gasteiger partial charge in [0, 0.05) is 43.0 Å². The molecule has 8 heteroatoms. The van der Waals surface area contributed by atoms with Crippen molar-refractivity contribution in [1.82, 2.24) is 15.0 Å². The van der Waals surface area contributed by atoms with Crippen molar-refractivity contribution in [3.8, 4) is 0 Å². The molecule has 2 aliphatic heterocycles. The molecule has 1 aromatic heterocycles. The van der Waals surface area contributed by atoms with Gasteiger partial charge in [0.15, 0.2) is 5.82 Å². The molecule has 0 saturated carbocycles. The van der Waals surface area contributed by atoms with E-state index in [1.807, 2.05) is 0 Å². The van der Waals surface area contributed by atoms with Crippen molar-refractivity contribution in [3.63, 3.8) is 0 Å². The number of anilines is 1. The summed E-state index contributed by atoms with van der Waals surface area (Å²) >= 11 is 0. The molecule has 2 saturated heterocycles. The van der Waals surface area contributed by atoms with Crippen LogP contribution in [0, 0.1) is 25.1 Å². The lowest BCUT2D eigenvalue weighted by atomic mass is 9.72. The SMILES string of the molecule is Cc1noc(C2CN(C(=O)Nc3cccc(F)c3C)CC23CCOCC3)n1. The summed E-state index contributed by atoms with van der Waals surface area (Å²) in [6, 6.07) is 4.43. The summed E-state index contributed by atoms with van der Waals surface area (Å²) in [4.78, 5) is 19.1. The number of rotatable bonds is 2. The van der Waals surface area contributed by atoms with Crippen molar-refractivity contribution < 1.29 is 18.4 Å². The van der Waals surface area contributed by atoms with E-state index in [0.29, 0.717) is 49.3 Å². The number of amides is 2. The number of nitrogens with one attached hydrogen (secondary N) is 1. The summed E-state index contributed by atoms with van der Waals surface area (Å²) in [5.41, 5.74) is 0.777. The second-order valence-electron chi connectivity index (χ2n) is 7.43. The maximum absolute atomic E-state index is 13.8. The molecule has 1 aromatic carbocycles. The standard InChI is InChI=1S/C19H23FN4O3/c1-12-15(20)4-3-5-16(12)22-18(25)24-10-14(17-21-13(2)23-27-17)19(11-24)6-8-26-9-7-19/h3-5,14H,6-11H2,1-2H3,(H,22,25). The number of benzene rings is 1. The molecule has 2 amide bonds. The molecule has 2 aliphatic rings. The molecular formula is C19H23FN4O3. The van der Waals surface area contributed by atoms with Gasteiger partial charge in [-0.05, 0) is 38.8 Å². The van der Waals surface area contributed by atoms with Gasteiger partial charge in [-0.15, -0.1) is 0 Å². The van der Waals surface area contributed by atoms with Gasteiger partial charge in [-0.1, -0.05) is 11.2 Å². The van der Waals surface area contributed by atoms with E-state index in [2.05, 4.69) is 15.5 Å². The second kappa shape index (κ2) is 6.92. The second-order valence-corrected chi connectivity index (χ2v) is 7.43. The summed E-state index contributed by atoms with van der Waals surface area (Å²) in [6.45, 7) is 5.82. The van der Waals surface area contributed by atoms with Crippen LogP contribution in [0.25, 0.3) is 0 Å². The minimum atomic E-state index is -0.339. The molecule has 144 valence electrons. The Balaban J connectivity index is 1.57. The number of carbonyl (C=O) groups excluding carboxylic acids is 1. The van der Waals surface area contributed by atoms with Crippen LogP contribution in [0.4, 0.5) is 14.9 Å². The Kier molecular flexibility index (Phi) is 4.59. The Morgan fingerprint density at radius 3 is 2.81 bits per heavy atom. The lowest BCUT2D eigenvalue weighted by Crippen LogP contribution is -2.38. The highest BCUT2D eigenvalue weighted by atomic mass is 19.1. The Bertz CT molecular complexity index is 847. The number of hydrogen-bond donors (Lipinski definition) is 1. The number of hydrogen-bond acceptors (Lipinski definition) is 5. The van der Waals surface area contributed by atoms with Crippen molar-refractivity contribution in [2.24, 2.45) is 5.41 Å². The van der Waals surface area contributed by atoms with E-state index in [1.165, 1.54) is 6.07 Å². The largest absolute Gasteiger partial charge is 0.381 e. The Hall–Kier alpha value is -2.48.